The predicted molar refractivity (Wildman–Crippen MR) is 113 cm³/mol. The molecule has 3 heteroatoms. The van der Waals surface area contributed by atoms with E-state index in [0.717, 1.165) is 31.6 Å². The summed E-state index contributed by atoms with van der Waals surface area (Å²) in [5.74, 6) is 6.19. The Morgan fingerprint density at radius 3 is 2.12 bits per heavy atom. The highest BCUT2D eigenvalue weighted by molar-refractivity contribution is 5.36. The molecule has 0 aliphatic rings. The molecule has 0 saturated heterocycles. The van der Waals surface area contributed by atoms with Gasteiger partial charge in [0.25, 0.3) is 0 Å². The minimum atomic E-state index is 0.357. The fourth-order valence-electron chi connectivity index (χ4n) is 2.22. The van der Waals surface area contributed by atoms with Crippen molar-refractivity contribution in [3.63, 3.8) is 0 Å². The number of nitrogens with one attached hydrogen (secondary N) is 1. The summed E-state index contributed by atoms with van der Waals surface area (Å²) in [6.07, 6.45) is 3.24. The molecule has 1 rings (SSSR count). The van der Waals surface area contributed by atoms with Crippen molar-refractivity contribution >= 4 is 0 Å². The molecular weight excluding hydrogens is 322 g/mol. The molecule has 1 atom stereocenters. The minimum absolute atomic E-state index is 0.357. The van der Waals surface area contributed by atoms with Crippen LogP contribution in [0, 0.1) is 11.8 Å². The Balaban J connectivity index is 0.00000194. The Labute approximate surface area is 161 Å². The summed E-state index contributed by atoms with van der Waals surface area (Å²) >= 11 is 0. The first-order valence-corrected chi connectivity index (χ1v) is 10.0. The van der Waals surface area contributed by atoms with Crippen LogP contribution in [0.1, 0.15) is 78.0 Å². The van der Waals surface area contributed by atoms with Crippen molar-refractivity contribution in [3.05, 3.63) is 35.4 Å². The van der Waals surface area contributed by atoms with Gasteiger partial charge in [0.2, 0.25) is 0 Å². The van der Waals surface area contributed by atoms with E-state index in [1.807, 2.05) is 0 Å². The van der Waals surface area contributed by atoms with E-state index in [2.05, 4.69) is 83.0 Å². The number of benzene rings is 1. The number of rotatable bonds is 10. The molecule has 0 saturated carbocycles. The van der Waals surface area contributed by atoms with Gasteiger partial charge in [-0.2, -0.15) is 0 Å². The van der Waals surface area contributed by atoms with Gasteiger partial charge < -0.3 is 14.8 Å². The summed E-state index contributed by atoms with van der Waals surface area (Å²) in [5, 5.41) is 3.50. The molecule has 0 heterocycles. The first-order chi connectivity index (χ1) is 12.5. The molecule has 1 aromatic rings. The van der Waals surface area contributed by atoms with E-state index in [1.165, 1.54) is 12.0 Å². The smallest absolute Gasteiger partial charge is 0.108 e. The summed E-state index contributed by atoms with van der Waals surface area (Å²) in [6, 6.07) is 9.24. The Bertz CT molecular complexity index is 485. The molecule has 0 aliphatic carbocycles. The van der Waals surface area contributed by atoms with Gasteiger partial charge in [0.1, 0.15) is 6.61 Å². The van der Waals surface area contributed by atoms with Crippen molar-refractivity contribution < 1.29 is 9.47 Å². The maximum atomic E-state index is 5.48. The second kappa shape index (κ2) is 17.1. The van der Waals surface area contributed by atoms with Crippen LogP contribution in [0.2, 0.25) is 0 Å². The predicted octanol–water partition coefficient (Wildman–Crippen LogP) is 5.35. The molecular formula is C23H39NO2. The SMILES string of the molecule is CCC.CCCOCCCOCC#Cc1ccc(C(C)NC(C)C)cc1. The molecule has 0 aliphatic heterocycles. The molecule has 26 heavy (non-hydrogen) atoms. The third-order valence-electron chi connectivity index (χ3n) is 3.33. The minimum Gasteiger partial charge on any atom is -0.381 e. The summed E-state index contributed by atoms with van der Waals surface area (Å²) in [4.78, 5) is 0. The normalized spacial score (nSPS) is 11.3. The second-order valence-electron chi connectivity index (χ2n) is 6.69. The molecule has 3 nitrogen and oxygen atoms in total. The molecule has 0 spiro atoms. The van der Waals surface area contributed by atoms with E-state index in [1.54, 1.807) is 0 Å². The van der Waals surface area contributed by atoms with Crippen molar-refractivity contribution in [2.75, 3.05) is 26.4 Å². The second-order valence-corrected chi connectivity index (χ2v) is 6.69. The van der Waals surface area contributed by atoms with E-state index in [-0.39, 0.29) is 0 Å². The van der Waals surface area contributed by atoms with Crippen molar-refractivity contribution in [2.45, 2.75) is 72.9 Å². The molecule has 0 amide bonds. The lowest BCUT2D eigenvalue weighted by Crippen LogP contribution is -2.25. The number of ether oxygens (including phenoxy) is 2. The summed E-state index contributed by atoms with van der Waals surface area (Å²) in [7, 11) is 0. The van der Waals surface area contributed by atoms with Crippen molar-refractivity contribution in [1.82, 2.24) is 5.32 Å². The number of hydrogen-bond acceptors (Lipinski definition) is 3. The van der Waals surface area contributed by atoms with Crippen LogP contribution in [0.3, 0.4) is 0 Å². The van der Waals surface area contributed by atoms with E-state index in [4.69, 9.17) is 9.47 Å². The molecule has 0 fully saturated rings. The molecule has 1 aromatic carbocycles. The van der Waals surface area contributed by atoms with Crippen LogP contribution in [0.25, 0.3) is 0 Å². The molecule has 1 unspecified atom stereocenters. The third-order valence-corrected chi connectivity index (χ3v) is 3.33. The lowest BCUT2D eigenvalue weighted by Gasteiger charge is -2.17. The van der Waals surface area contributed by atoms with Gasteiger partial charge in [0, 0.05) is 30.9 Å². The van der Waals surface area contributed by atoms with Crippen LogP contribution in [0.15, 0.2) is 24.3 Å². The average molecular weight is 362 g/mol. The Kier molecular flexibility index (Phi) is 16.2. The molecule has 0 radical (unpaired) electrons. The van der Waals surface area contributed by atoms with Gasteiger partial charge in [-0.05, 0) is 37.5 Å². The van der Waals surface area contributed by atoms with E-state index in [9.17, 15) is 0 Å². The maximum Gasteiger partial charge on any atom is 0.108 e. The third kappa shape index (κ3) is 13.9. The summed E-state index contributed by atoms with van der Waals surface area (Å²) in [6.45, 7) is 15.6. The van der Waals surface area contributed by atoms with Gasteiger partial charge >= 0.3 is 0 Å². The van der Waals surface area contributed by atoms with Crippen molar-refractivity contribution in [2.24, 2.45) is 0 Å². The van der Waals surface area contributed by atoms with Crippen LogP contribution in [0.4, 0.5) is 0 Å². The highest BCUT2D eigenvalue weighted by Crippen LogP contribution is 2.13. The highest BCUT2D eigenvalue weighted by Gasteiger charge is 2.05. The standard InChI is InChI=1S/C20H31NO2.C3H8/c1-5-13-22-15-7-16-23-14-6-8-19-9-11-20(12-10-19)18(4)21-17(2)3;1-3-2/h9-12,17-18,21H,5,7,13-16H2,1-4H3;3H2,1-2H3. The lowest BCUT2D eigenvalue weighted by atomic mass is 10.1. The number of hydrogen-bond donors (Lipinski definition) is 1. The van der Waals surface area contributed by atoms with E-state index < -0.39 is 0 Å². The van der Waals surface area contributed by atoms with Crippen LogP contribution in [-0.4, -0.2) is 32.5 Å². The fourth-order valence-corrected chi connectivity index (χ4v) is 2.22. The van der Waals surface area contributed by atoms with Crippen LogP contribution in [-0.2, 0) is 9.47 Å². The highest BCUT2D eigenvalue weighted by atomic mass is 16.5. The lowest BCUT2D eigenvalue weighted by molar-refractivity contribution is 0.0949. The van der Waals surface area contributed by atoms with Crippen molar-refractivity contribution in [3.8, 4) is 11.8 Å². The summed E-state index contributed by atoms with van der Waals surface area (Å²) in [5.41, 5.74) is 2.31. The van der Waals surface area contributed by atoms with Crippen LogP contribution in [0.5, 0.6) is 0 Å². The van der Waals surface area contributed by atoms with Gasteiger partial charge in [-0.25, -0.2) is 0 Å². The van der Waals surface area contributed by atoms with E-state index in [0.29, 0.717) is 25.3 Å². The van der Waals surface area contributed by atoms with Gasteiger partial charge in [0.15, 0.2) is 0 Å². The van der Waals surface area contributed by atoms with E-state index >= 15 is 0 Å². The zero-order valence-corrected chi connectivity index (χ0v) is 17.7. The fraction of sp³-hybridized carbons (Fsp3) is 0.652. The van der Waals surface area contributed by atoms with Crippen molar-refractivity contribution in [1.29, 1.82) is 0 Å². The molecule has 1 N–H and O–H groups in total. The largest absolute Gasteiger partial charge is 0.381 e. The molecule has 0 bridgehead atoms. The monoisotopic (exact) mass is 361 g/mol. The zero-order valence-electron chi connectivity index (χ0n) is 17.7. The Morgan fingerprint density at radius 2 is 1.54 bits per heavy atom. The van der Waals surface area contributed by atoms with Crippen LogP contribution >= 0.6 is 0 Å². The average Bonchev–Trinajstić information content (AvgIpc) is 2.61. The van der Waals surface area contributed by atoms with Gasteiger partial charge in [0.05, 0.1) is 6.61 Å². The first kappa shape index (κ1) is 24.7. The quantitative estimate of drug-likeness (QED) is 0.450. The first-order valence-electron chi connectivity index (χ1n) is 10.0. The van der Waals surface area contributed by atoms with Gasteiger partial charge in [-0.1, -0.05) is 65.0 Å². The maximum absolute atomic E-state index is 5.48. The Hall–Kier alpha value is -1.34. The molecule has 0 aromatic heterocycles. The van der Waals surface area contributed by atoms with Gasteiger partial charge in [-0.15, -0.1) is 0 Å². The Morgan fingerprint density at radius 1 is 0.923 bits per heavy atom. The van der Waals surface area contributed by atoms with Crippen LogP contribution < -0.4 is 5.32 Å². The topological polar surface area (TPSA) is 30.5 Å². The molecule has 148 valence electrons. The summed E-state index contributed by atoms with van der Waals surface area (Å²) < 4.78 is 10.9. The zero-order chi connectivity index (χ0) is 19.6. The van der Waals surface area contributed by atoms with Gasteiger partial charge in [-0.3, -0.25) is 0 Å².